The Bertz CT molecular complexity index is 341. The van der Waals surface area contributed by atoms with Gasteiger partial charge in [0.05, 0.1) is 0 Å². The van der Waals surface area contributed by atoms with Crippen LogP contribution in [-0.2, 0) is 4.79 Å². The zero-order valence-corrected chi connectivity index (χ0v) is 18.4. The number of unbranched alkanes of at least 4 members (excludes halogenated alkanes) is 12. The molecule has 0 heterocycles. The van der Waals surface area contributed by atoms with Gasteiger partial charge in [0.15, 0.2) is 0 Å². The van der Waals surface area contributed by atoms with Crippen molar-refractivity contribution in [2.75, 3.05) is 6.54 Å². The molecule has 0 aromatic rings. The molecule has 1 atom stereocenters. The second-order valence-electron chi connectivity index (χ2n) is 8.09. The van der Waals surface area contributed by atoms with Crippen LogP contribution in [0.5, 0.6) is 0 Å². The summed E-state index contributed by atoms with van der Waals surface area (Å²) in [6, 6.07) is 0.284. The number of carbonyl (C=O) groups excluding carboxylic acids is 1. The Balaban J connectivity index is 3.30. The SMILES string of the molecule is CCCCCCCC/C=C\CCCCCCCC(=O)NC(C)CCCCN. The van der Waals surface area contributed by atoms with Gasteiger partial charge in [-0.3, -0.25) is 4.79 Å². The summed E-state index contributed by atoms with van der Waals surface area (Å²) in [6.45, 7) is 5.11. The van der Waals surface area contributed by atoms with E-state index in [2.05, 4.69) is 31.3 Å². The zero-order chi connectivity index (χ0) is 20.0. The van der Waals surface area contributed by atoms with Gasteiger partial charge in [-0.1, -0.05) is 76.9 Å². The fourth-order valence-corrected chi connectivity index (χ4v) is 3.37. The van der Waals surface area contributed by atoms with Gasteiger partial charge in [0.2, 0.25) is 5.91 Å². The summed E-state index contributed by atoms with van der Waals surface area (Å²) in [7, 11) is 0. The van der Waals surface area contributed by atoms with Gasteiger partial charge in [0.25, 0.3) is 0 Å². The molecule has 0 aliphatic carbocycles. The maximum absolute atomic E-state index is 11.9. The smallest absolute Gasteiger partial charge is 0.220 e. The first-order valence-electron chi connectivity index (χ1n) is 11.8. The molecule has 0 aromatic carbocycles. The van der Waals surface area contributed by atoms with Crippen LogP contribution in [0.3, 0.4) is 0 Å². The molecule has 0 bridgehead atoms. The van der Waals surface area contributed by atoms with Gasteiger partial charge in [0.1, 0.15) is 0 Å². The van der Waals surface area contributed by atoms with Crippen molar-refractivity contribution in [3.63, 3.8) is 0 Å². The standard InChI is InChI=1S/C24H48N2O/c1-3-4-5-6-7-8-9-10-11-12-13-14-15-16-17-21-24(27)26-23(2)20-18-19-22-25/h10-11,23H,3-9,12-22,25H2,1-2H3,(H,26,27)/b11-10-. The molecule has 0 aliphatic rings. The van der Waals surface area contributed by atoms with E-state index in [-0.39, 0.29) is 11.9 Å². The predicted octanol–water partition coefficient (Wildman–Crippen LogP) is 6.66. The summed E-state index contributed by atoms with van der Waals surface area (Å²) in [6.07, 6.45) is 25.4. The molecule has 0 radical (unpaired) electrons. The van der Waals surface area contributed by atoms with Gasteiger partial charge in [-0.2, -0.15) is 0 Å². The molecule has 3 heteroatoms. The molecule has 1 amide bonds. The Labute approximate surface area is 169 Å². The van der Waals surface area contributed by atoms with Gasteiger partial charge in [-0.15, -0.1) is 0 Å². The minimum absolute atomic E-state index is 0.216. The fourth-order valence-electron chi connectivity index (χ4n) is 3.37. The first kappa shape index (κ1) is 26.2. The van der Waals surface area contributed by atoms with Gasteiger partial charge in [-0.05, 0) is 58.4 Å². The van der Waals surface area contributed by atoms with Crippen LogP contribution >= 0.6 is 0 Å². The maximum atomic E-state index is 11.9. The van der Waals surface area contributed by atoms with E-state index in [1.165, 1.54) is 77.0 Å². The van der Waals surface area contributed by atoms with Gasteiger partial charge >= 0.3 is 0 Å². The van der Waals surface area contributed by atoms with E-state index >= 15 is 0 Å². The third-order valence-corrected chi connectivity index (χ3v) is 5.16. The summed E-state index contributed by atoms with van der Waals surface area (Å²) in [5, 5.41) is 3.10. The average molecular weight is 381 g/mol. The second kappa shape index (κ2) is 21.5. The van der Waals surface area contributed by atoms with Crippen molar-refractivity contribution in [1.82, 2.24) is 5.32 Å². The molecule has 1 unspecified atom stereocenters. The van der Waals surface area contributed by atoms with Gasteiger partial charge < -0.3 is 11.1 Å². The number of hydrogen-bond acceptors (Lipinski definition) is 2. The monoisotopic (exact) mass is 380 g/mol. The highest BCUT2D eigenvalue weighted by atomic mass is 16.1. The topological polar surface area (TPSA) is 55.1 Å². The van der Waals surface area contributed by atoms with Crippen molar-refractivity contribution in [2.45, 2.75) is 129 Å². The van der Waals surface area contributed by atoms with Crippen molar-refractivity contribution >= 4 is 5.91 Å². The highest BCUT2D eigenvalue weighted by Gasteiger charge is 2.06. The summed E-state index contributed by atoms with van der Waals surface area (Å²) >= 11 is 0. The lowest BCUT2D eigenvalue weighted by Crippen LogP contribution is -2.32. The lowest BCUT2D eigenvalue weighted by atomic mass is 10.1. The molecule has 27 heavy (non-hydrogen) atoms. The van der Waals surface area contributed by atoms with Crippen LogP contribution in [0.25, 0.3) is 0 Å². The van der Waals surface area contributed by atoms with E-state index in [0.717, 1.165) is 32.2 Å². The number of hydrogen-bond donors (Lipinski definition) is 2. The van der Waals surface area contributed by atoms with Crippen molar-refractivity contribution < 1.29 is 4.79 Å². The molecule has 3 nitrogen and oxygen atoms in total. The van der Waals surface area contributed by atoms with Crippen LogP contribution < -0.4 is 11.1 Å². The summed E-state index contributed by atoms with van der Waals surface area (Å²) in [4.78, 5) is 11.9. The number of amides is 1. The largest absolute Gasteiger partial charge is 0.354 e. The molecular formula is C24H48N2O. The molecule has 0 saturated carbocycles. The minimum atomic E-state index is 0.216. The average Bonchev–Trinajstić information content (AvgIpc) is 2.65. The Morgan fingerprint density at radius 2 is 1.37 bits per heavy atom. The number of rotatable bonds is 20. The number of nitrogens with one attached hydrogen (secondary N) is 1. The Kier molecular flexibility index (Phi) is 20.8. The van der Waals surface area contributed by atoms with Gasteiger partial charge in [-0.25, -0.2) is 0 Å². The zero-order valence-electron chi connectivity index (χ0n) is 18.4. The molecule has 0 aliphatic heterocycles. The van der Waals surface area contributed by atoms with Gasteiger partial charge in [0, 0.05) is 12.5 Å². The molecule has 0 fully saturated rings. The van der Waals surface area contributed by atoms with Crippen molar-refractivity contribution in [3.05, 3.63) is 12.2 Å². The third kappa shape index (κ3) is 21.3. The highest BCUT2D eigenvalue weighted by molar-refractivity contribution is 5.76. The Hall–Kier alpha value is -0.830. The van der Waals surface area contributed by atoms with E-state index < -0.39 is 0 Å². The minimum Gasteiger partial charge on any atom is -0.354 e. The highest BCUT2D eigenvalue weighted by Crippen LogP contribution is 2.10. The number of nitrogens with two attached hydrogens (primary N) is 1. The second-order valence-corrected chi connectivity index (χ2v) is 8.09. The van der Waals surface area contributed by atoms with E-state index in [9.17, 15) is 4.79 Å². The van der Waals surface area contributed by atoms with E-state index in [0.29, 0.717) is 6.42 Å². The van der Waals surface area contributed by atoms with E-state index in [1.807, 2.05) is 0 Å². The fraction of sp³-hybridized carbons (Fsp3) is 0.875. The van der Waals surface area contributed by atoms with Crippen LogP contribution in [0.15, 0.2) is 12.2 Å². The number of allylic oxidation sites excluding steroid dienone is 2. The predicted molar refractivity (Wildman–Crippen MR) is 120 cm³/mol. The van der Waals surface area contributed by atoms with E-state index in [1.54, 1.807) is 0 Å². The van der Waals surface area contributed by atoms with Crippen LogP contribution in [0.4, 0.5) is 0 Å². The first-order valence-corrected chi connectivity index (χ1v) is 11.8. The quantitative estimate of drug-likeness (QED) is 0.183. The molecule has 0 rings (SSSR count). The normalized spacial score (nSPS) is 12.6. The Morgan fingerprint density at radius 3 is 1.96 bits per heavy atom. The van der Waals surface area contributed by atoms with Crippen LogP contribution in [0.2, 0.25) is 0 Å². The molecule has 3 N–H and O–H groups in total. The van der Waals surface area contributed by atoms with Crippen LogP contribution in [0, 0.1) is 0 Å². The third-order valence-electron chi connectivity index (χ3n) is 5.16. The molecule has 0 saturated heterocycles. The van der Waals surface area contributed by atoms with Crippen LogP contribution in [-0.4, -0.2) is 18.5 Å². The van der Waals surface area contributed by atoms with Crippen molar-refractivity contribution in [2.24, 2.45) is 5.73 Å². The maximum Gasteiger partial charge on any atom is 0.220 e. The summed E-state index contributed by atoms with van der Waals surface area (Å²) < 4.78 is 0. The molecular weight excluding hydrogens is 332 g/mol. The lowest BCUT2D eigenvalue weighted by molar-refractivity contribution is -0.121. The summed E-state index contributed by atoms with van der Waals surface area (Å²) in [5.41, 5.74) is 5.50. The Morgan fingerprint density at radius 1 is 0.815 bits per heavy atom. The molecule has 0 spiro atoms. The number of carbonyl (C=O) groups is 1. The van der Waals surface area contributed by atoms with Crippen LogP contribution in [0.1, 0.15) is 123 Å². The molecule has 160 valence electrons. The summed E-state index contributed by atoms with van der Waals surface area (Å²) in [5.74, 6) is 0.216. The first-order chi connectivity index (χ1) is 13.2. The van der Waals surface area contributed by atoms with Crippen molar-refractivity contribution in [1.29, 1.82) is 0 Å². The molecule has 0 aromatic heterocycles. The van der Waals surface area contributed by atoms with Crippen molar-refractivity contribution in [3.8, 4) is 0 Å². The lowest BCUT2D eigenvalue weighted by Gasteiger charge is -2.13. The van der Waals surface area contributed by atoms with E-state index in [4.69, 9.17) is 5.73 Å².